The predicted molar refractivity (Wildman–Crippen MR) is 146 cm³/mol. The van der Waals surface area contributed by atoms with Crippen LogP contribution in [0.25, 0.3) is 11.8 Å². The summed E-state index contributed by atoms with van der Waals surface area (Å²) in [6, 6.07) is 23.3. The lowest BCUT2D eigenvalue weighted by molar-refractivity contribution is -0.138. The molecule has 6 nitrogen and oxygen atoms in total. The van der Waals surface area contributed by atoms with E-state index in [1.807, 2.05) is 66.7 Å². The maximum atomic E-state index is 13.8. The minimum absolute atomic E-state index is 0.191. The second-order valence-corrected chi connectivity index (χ2v) is 9.71. The average molecular weight is 531 g/mol. The van der Waals surface area contributed by atoms with Gasteiger partial charge >= 0.3 is 5.97 Å². The second-order valence-electron chi connectivity index (χ2n) is 8.26. The number of fused-ring (bicyclic) bond motifs is 1. The number of nitrogens with zero attached hydrogens (tertiary/aromatic N) is 2. The number of hydrogen-bond donors (Lipinski definition) is 0. The van der Waals surface area contributed by atoms with Crippen LogP contribution in [-0.4, -0.2) is 24.3 Å². The zero-order chi connectivity index (χ0) is 25.9. The van der Waals surface area contributed by atoms with E-state index in [1.54, 1.807) is 36.8 Å². The molecule has 0 fully saturated rings. The smallest absolute Gasteiger partial charge is 0.338 e. The molecule has 4 aromatic rings. The van der Waals surface area contributed by atoms with Gasteiger partial charge in [0.2, 0.25) is 0 Å². The molecule has 3 aromatic carbocycles. The number of rotatable bonds is 6. The first-order valence-corrected chi connectivity index (χ1v) is 12.9. The lowest BCUT2D eigenvalue weighted by Crippen LogP contribution is -2.40. The third-order valence-corrected chi connectivity index (χ3v) is 7.19. The number of methoxy groups -OCH3 is 1. The first-order chi connectivity index (χ1) is 18.0. The summed E-state index contributed by atoms with van der Waals surface area (Å²) in [5, 5.41) is 0.614. The summed E-state index contributed by atoms with van der Waals surface area (Å²) >= 11 is 7.31. The third-order valence-electron chi connectivity index (χ3n) is 5.95. The topological polar surface area (TPSA) is 69.9 Å². The SMILES string of the molecule is CCOC(=O)C1=C(c2ccccc2)N=c2s/c(=C/c3ccc(Cl)cc3)c(=O)n2[C@H]1c1cccc(OC)c1. The molecule has 1 atom stereocenters. The van der Waals surface area contributed by atoms with E-state index in [-0.39, 0.29) is 12.2 Å². The number of carbonyl (C=O) groups is 1. The van der Waals surface area contributed by atoms with Gasteiger partial charge in [-0.25, -0.2) is 9.79 Å². The third kappa shape index (κ3) is 4.88. The van der Waals surface area contributed by atoms with Crippen molar-refractivity contribution in [2.75, 3.05) is 13.7 Å². The van der Waals surface area contributed by atoms with E-state index in [4.69, 9.17) is 26.1 Å². The van der Waals surface area contributed by atoms with Crippen LogP contribution < -0.4 is 19.6 Å². The van der Waals surface area contributed by atoms with Gasteiger partial charge in [-0.1, -0.05) is 77.5 Å². The van der Waals surface area contributed by atoms with Crippen LogP contribution in [0, 0.1) is 0 Å². The fourth-order valence-corrected chi connectivity index (χ4v) is 5.40. The Bertz CT molecular complexity index is 1670. The highest BCUT2D eigenvalue weighted by atomic mass is 35.5. The molecule has 1 aliphatic heterocycles. The Morgan fingerprint density at radius 1 is 1.08 bits per heavy atom. The number of esters is 1. The zero-order valence-corrected chi connectivity index (χ0v) is 21.8. The molecule has 1 aromatic heterocycles. The molecule has 8 heteroatoms. The van der Waals surface area contributed by atoms with Crippen molar-refractivity contribution < 1.29 is 14.3 Å². The van der Waals surface area contributed by atoms with E-state index in [2.05, 4.69) is 0 Å². The van der Waals surface area contributed by atoms with Crippen LogP contribution in [0.3, 0.4) is 0 Å². The Balaban J connectivity index is 1.83. The lowest BCUT2D eigenvalue weighted by atomic mass is 9.93. The molecular formula is C29H23ClN2O4S. The van der Waals surface area contributed by atoms with Crippen molar-refractivity contribution in [1.82, 2.24) is 4.57 Å². The highest BCUT2D eigenvalue weighted by Crippen LogP contribution is 2.36. The molecule has 0 bridgehead atoms. The summed E-state index contributed by atoms with van der Waals surface area (Å²) in [5.74, 6) is 0.0900. The quantitative estimate of drug-likeness (QED) is 0.342. The summed E-state index contributed by atoms with van der Waals surface area (Å²) in [7, 11) is 1.58. The Kier molecular flexibility index (Phi) is 7.08. The minimum atomic E-state index is -0.757. The first kappa shape index (κ1) is 24.7. The molecule has 0 N–H and O–H groups in total. The highest BCUT2D eigenvalue weighted by molar-refractivity contribution is 7.07. The van der Waals surface area contributed by atoms with Gasteiger partial charge in [0.15, 0.2) is 4.80 Å². The van der Waals surface area contributed by atoms with E-state index in [1.165, 1.54) is 11.3 Å². The van der Waals surface area contributed by atoms with Gasteiger partial charge in [0, 0.05) is 10.6 Å². The van der Waals surface area contributed by atoms with Crippen molar-refractivity contribution in [1.29, 1.82) is 0 Å². The fourth-order valence-electron chi connectivity index (χ4n) is 4.28. The van der Waals surface area contributed by atoms with Crippen LogP contribution in [0.2, 0.25) is 5.02 Å². The van der Waals surface area contributed by atoms with Gasteiger partial charge in [-0.2, -0.15) is 0 Å². The summed E-state index contributed by atoms with van der Waals surface area (Å²) in [6.07, 6.45) is 1.80. The van der Waals surface area contributed by atoms with Gasteiger partial charge in [0.1, 0.15) is 5.75 Å². The van der Waals surface area contributed by atoms with Gasteiger partial charge in [-0.05, 0) is 48.4 Å². The van der Waals surface area contributed by atoms with Crippen molar-refractivity contribution in [3.63, 3.8) is 0 Å². The molecule has 0 saturated carbocycles. The summed E-state index contributed by atoms with van der Waals surface area (Å²) < 4.78 is 13.0. The largest absolute Gasteiger partial charge is 0.497 e. The molecular weight excluding hydrogens is 508 g/mol. The number of ether oxygens (including phenoxy) is 2. The van der Waals surface area contributed by atoms with E-state index in [9.17, 15) is 9.59 Å². The zero-order valence-electron chi connectivity index (χ0n) is 20.2. The summed E-state index contributed by atoms with van der Waals surface area (Å²) in [4.78, 5) is 32.6. The van der Waals surface area contributed by atoms with Crippen molar-refractivity contribution in [3.8, 4) is 5.75 Å². The van der Waals surface area contributed by atoms with E-state index in [0.717, 1.165) is 11.1 Å². The van der Waals surface area contributed by atoms with Crippen molar-refractivity contribution >= 4 is 40.7 Å². The second kappa shape index (κ2) is 10.6. The Hall–Kier alpha value is -3.94. The Labute approximate surface area is 222 Å². The molecule has 1 aliphatic rings. The van der Waals surface area contributed by atoms with Gasteiger partial charge in [0.05, 0.1) is 35.6 Å². The summed E-state index contributed by atoms with van der Waals surface area (Å²) in [5.41, 5.74) is 2.83. The van der Waals surface area contributed by atoms with E-state index in [0.29, 0.717) is 36.9 Å². The van der Waals surface area contributed by atoms with Crippen molar-refractivity contribution in [2.45, 2.75) is 13.0 Å². The van der Waals surface area contributed by atoms with Crippen LogP contribution in [0.15, 0.2) is 94.2 Å². The fraction of sp³-hybridized carbons (Fsp3) is 0.138. The van der Waals surface area contributed by atoms with Gasteiger partial charge in [-0.15, -0.1) is 0 Å². The van der Waals surface area contributed by atoms with Gasteiger partial charge < -0.3 is 9.47 Å². The number of thiazole rings is 1. The molecule has 2 heterocycles. The van der Waals surface area contributed by atoms with E-state index >= 15 is 0 Å². The molecule has 0 aliphatic carbocycles. The monoisotopic (exact) mass is 530 g/mol. The van der Waals surface area contributed by atoms with Gasteiger partial charge in [0.25, 0.3) is 5.56 Å². The molecule has 186 valence electrons. The molecule has 0 spiro atoms. The minimum Gasteiger partial charge on any atom is -0.497 e. The summed E-state index contributed by atoms with van der Waals surface area (Å²) in [6.45, 7) is 1.94. The van der Waals surface area contributed by atoms with Crippen LogP contribution in [0.5, 0.6) is 5.75 Å². The van der Waals surface area contributed by atoms with E-state index < -0.39 is 12.0 Å². The van der Waals surface area contributed by atoms with Gasteiger partial charge in [-0.3, -0.25) is 9.36 Å². The van der Waals surface area contributed by atoms with Crippen molar-refractivity contribution in [2.24, 2.45) is 4.99 Å². The van der Waals surface area contributed by atoms with Crippen LogP contribution >= 0.6 is 22.9 Å². The van der Waals surface area contributed by atoms with Crippen LogP contribution in [0.1, 0.15) is 29.7 Å². The van der Waals surface area contributed by atoms with Crippen LogP contribution in [0.4, 0.5) is 0 Å². The maximum Gasteiger partial charge on any atom is 0.338 e. The van der Waals surface area contributed by atoms with Crippen molar-refractivity contribution in [3.05, 3.63) is 126 Å². The average Bonchev–Trinajstić information content (AvgIpc) is 3.24. The Morgan fingerprint density at radius 3 is 2.54 bits per heavy atom. The molecule has 0 radical (unpaired) electrons. The predicted octanol–water partition coefficient (Wildman–Crippen LogP) is 4.60. The number of halogens is 1. The number of hydrogen-bond acceptors (Lipinski definition) is 6. The highest BCUT2D eigenvalue weighted by Gasteiger charge is 2.35. The number of carbonyl (C=O) groups excluding carboxylic acids is 1. The molecule has 5 rings (SSSR count). The number of aromatic nitrogens is 1. The standard InChI is InChI=1S/C29H23ClN2O4S/c1-3-36-28(34)24-25(19-8-5-4-6-9-19)31-29-32(26(24)20-10-7-11-22(17-20)35-2)27(33)23(37-29)16-18-12-14-21(30)15-13-18/h4-17,26H,3H2,1-2H3/b23-16+/t26-/m0/s1. The Morgan fingerprint density at radius 2 is 1.84 bits per heavy atom. The molecule has 0 saturated heterocycles. The normalized spacial score (nSPS) is 15.2. The number of benzene rings is 3. The molecule has 0 amide bonds. The maximum absolute atomic E-state index is 13.8. The molecule has 0 unspecified atom stereocenters. The first-order valence-electron chi connectivity index (χ1n) is 11.7. The molecule has 37 heavy (non-hydrogen) atoms. The lowest BCUT2D eigenvalue weighted by Gasteiger charge is -2.26. The van der Waals surface area contributed by atoms with Crippen LogP contribution in [-0.2, 0) is 9.53 Å².